The maximum absolute atomic E-state index is 13.6. The van der Waals surface area contributed by atoms with Crippen molar-refractivity contribution in [2.75, 3.05) is 13.2 Å². The van der Waals surface area contributed by atoms with Crippen LogP contribution in [0.25, 0.3) is 10.9 Å². The maximum atomic E-state index is 13.6. The van der Waals surface area contributed by atoms with Gasteiger partial charge < -0.3 is 9.64 Å². The predicted molar refractivity (Wildman–Crippen MR) is 109 cm³/mol. The fourth-order valence-corrected chi connectivity index (χ4v) is 4.38. The van der Waals surface area contributed by atoms with Crippen LogP contribution in [0.5, 0.6) is 0 Å². The molecule has 4 nitrogen and oxygen atoms in total. The number of carbonyl (C=O) groups is 1. The lowest BCUT2D eigenvalue weighted by atomic mass is 10.0. The molecule has 1 saturated heterocycles. The Bertz CT molecular complexity index is 946. The van der Waals surface area contributed by atoms with Crippen LogP contribution in [-0.2, 0) is 11.3 Å². The number of aromatic nitrogens is 1. The molecule has 0 bridgehead atoms. The highest BCUT2D eigenvalue weighted by Crippen LogP contribution is 2.24. The third-order valence-corrected chi connectivity index (χ3v) is 5.85. The molecule has 0 radical (unpaired) electrons. The predicted octanol–water partition coefficient (Wildman–Crippen LogP) is 4.73. The van der Waals surface area contributed by atoms with Gasteiger partial charge in [-0.1, -0.05) is 17.7 Å². The first-order valence-corrected chi connectivity index (χ1v) is 10.3. The van der Waals surface area contributed by atoms with Crippen LogP contribution < -0.4 is 0 Å². The Hall–Kier alpha value is -2.24. The number of pyridine rings is 1. The zero-order valence-electron chi connectivity index (χ0n) is 15.8. The Kier molecular flexibility index (Phi) is 5.23. The van der Waals surface area contributed by atoms with Crippen LogP contribution in [-0.4, -0.2) is 35.0 Å². The smallest absolute Gasteiger partial charge is 0.255 e. The Morgan fingerprint density at radius 2 is 2.19 bits per heavy atom. The van der Waals surface area contributed by atoms with Crippen molar-refractivity contribution < 1.29 is 9.53 Å². The van der Waals surface area contributed by atoms with E-state index >= 15 is 0 Å². The van der Waals surface area contributed by atoms with Crippen molar-refractivity contribution >= 4 is 28.1 Å². The van der Waals surface area contributed by atoms with Crippen LogP contribution in [0, 0.1) is 13.8 Å². The Morgan fingerprint density at radius 3 is 2.93 bits per heavy atom. The summed E-state index contributed by atoms with van der Waals surface area (Å²) in [7, 11) is 0. The topological polar surface area (TPSA) is 42.4 Å². The molecule has 5 heteroatoms. The fourth-order valence-electron chi connectivity index (χ4n) is 3.66. The van der Waals surface area contributed by atoms with Crippen molar-refractivity contribution in [3.05, 3.63) is 63.5 Å². The number of amides is 1. The van der Waals surface area contributed by atoms with E-state index in [1.807, 2.05) is 43.0 Å². The van der Waals surface area contributed by atoms with Gasteiger partial charge in [0.1, 0.15) is 0 Å². The van der Waals surface area contributed by atoms with E-state index in [0.29, 0.717) is 13.1 Å². The molecule has 1 amide bonds. The van der Waals surface area contributed by atoms with Crippen LogP contribution in [0.3, 0.4) is 0 Å². The fraction of sp³-hybridized carbons (Fsp3) is 0.364. The number of aryl methyl sites for hydroxylation is 2. The molecule has 0 saturated carbocycles. The van der Waals surface area contributed by atoms with Gasteiger partial charge in [0, 0.05) is 29.1 Å². The molecule has 3 heterocycles. The summed E-state index contributed by atoms with van der Waals surface area (Å²) in [4.78, 5) is 21.3. The molecule has 0 N–H and O–H groups in total. The molecular formula is C22H24N2O2S. The third kappa shape index (κ3) is 4.04. The van der Waals surface area contributed by atoms with Crippen molar-refractivity contribution in [1.29, 1.82) is 0 Å². The van der Waals surface area contributed by atoms with Gasteiger partial charge in [0.05, 0.1) is 23.7 Å². The SMILES string of the molecule is Cc1ccc2nc(C)cc(C(=O)N(Cc3cccs3)CC3CCCO3)c2c1. The number of hydrogen-bond acceptors (Lipinski definition) is 4. The number of carbonyl (C=O) groups excluding carboxylic acids is 1. The van der Waals surface area contributed by atoms with Crippen molar-refractivity contribution in [2.45, 2.75) is 39.3 Å². The molecule has 1 aliphatic heterocycles. The van der Waals surface area contributed by atoms with Crippen molar-refractivity contribution in [3.8, 4) is 0 Å². The second-order valence-electron chi connectivity index (χ2n) is 7.23. The molecule has 1 atom stereocenters. The van der Waals surface area contributed by atoms with Gasteiger partial charge >= 0.3 is 0 Å². The molecule has 140 valence electrons. The van der Waals surface area contributed by atoms with Gasteiger partial charge in [0.2, 0.25) is 0 Å². The van der Waals surface area contributed by atoms with Gasteiger partial charge in [-0.25, -0.2) is 0 Å². The number of thiophene rings is 1. The van der Waals surface area contributed by atoms with E-state index in [-0.39, 0.29) is 12.0 Å². The van der Waals surface area contributed by atoms with E-state index < -0.39 is 0 Å². The quantitative estimate of drug-likeness (QED) is 0.642. The van der Waals surface area contributed by atoms with E-state index in [4.69, 9.17) is 4.74 Å². The zero-order chi connectivity index (χ0) is 18.8. The summed E-state index contributed by atoms with van der Waals surface area (Å²) in [5, 5.41) is 2.98. The molecule has 1 aromatic carbocycles. The highest BCUT2D eigenvalue weighted by Gasteiger charge is 2.25. The first-order chi connectivity index (χ1) is 13.1. The minimum absolute atomic E-state index is 0.0556. The summed E-state index contributed by atoms with van der Waals surface area (Å²) >= 11 is 1.68. The highest BCUT2D eigenvalue weighted by molar-refractivity contribution is 7.09. The zero-order valence-corrected chi connectivity index (χ0v) is 16.6. The number of ether oxygens (including phenoxy) is 1. The van der Waals surface area contributed by atoms with Crippen LogP contribution in [0.15, 0.2) is 41.8 Å². The van der Waals surface area contributed by atoms with Gasteiger partial charge in [-0.2, -0.15) is 0 Å². The molecule has 1 fully saturated rings. The summed E-state index contributed by atoms with van der Waals surface area (Å²) < 4.78 is 5.82. The van der Waals surface area contributed by atoms with Gasteiger partial charge in [-0.3, -0.25) is 9.78 Å². The second-order valence-corrected chi connectivity index (χ2v) is 8.26. The van der Waals surface area contributed by atoms with E-state index in [0.717, 1.165) is 47.2 Å². The highest BCUT2D eigenvalue weighted by atomic mass is 32.1. The van der Waals surface area contributed by atoms with E-state index in [1.54, 1.807) is 11.3 Å². The number of rotatable bonds is 5. The molecule has 3 aromatic rings. The Morgan fingerprint density at radius 1 is 1.30 bits per heavy atom. The number of hydrogen-bond donors (Lipinski definition) is 0. The Balaban J connectivity index is 1.71. The number of nitrogens with zero attached hydrogens (tertiary/aromatic N) is 2. The van der Waals surface area contributed by atoms with Crippen LogP contribution in [0.1, 0.15) is 39.3 Å². The average molecular weight is 381 g/mol. The monoisotopic (exact) mass is 380 g/mol. The molecule has 0 spiro atoms. The van der Waals surface area contributed by atoms with E-state index in [2.05, 4.69) is 22.5 Å². The summed E-state index contributed by atoms with van der Waals surface area (Å²) in [6.45, 7) is 6.03. The number of fused-ring (bicyclic) bond motifs is 1. The first-order valence-electron chi connectivity index (χ1n) is 9.41. The third-order valence-electron chi connectivity index (χ3n) is 4.98. The van der Waals surface area contributed by atoms with Gasteiger partial charge in [-0.05, 0) is 56.3 Å². The number of benzene rings is 1. The van der Waals surface area contributed by atoms with Gasteiger partial charge in [0.15, 0.2) is 0 Å². The van der Waals surface area contributed by atoms with E-state index in [9.17, 15) is 4.79 Å². The van der Waals surface area contributed by atoms with Crippen molar-refractivity contribution in [3.63, 3.8) is 0 Å². The molecule has 2 aromatic heterocycles. The minimum atomic E-state index is 0.0556. The summed E-state index contributed by atoms with van der Waals surface area (Å²) in [6.07, 6.45) is 2.22. The minimum Gasteiger partial charge on any atom is -0.376 e. The molecule has 1 aliphatic rings. The van der Waals surface area contributed by atoms with Crippen molar-refractivity contribution in [1.82, 2.24) is 9.88 Å². The molecule has 4 rings (SSSR count). The maximum Gasteiger partial charge on any atom is 0.255 e. The standard InChI is InChI=1S/C22H24N2O2S/c1-15-7-8-21-19(11-15)20(12-16(2)23-21)22(25)24(13-17-5-3-9-26-17)14-18-6-4-10-27-18/h4,6-8,10-12,17H,3,5,9,13-14H2,1-2H3. The van der Waals surface area contributed by atoms with Gasteiger partial charge in [-0.15, -0.1) is 11.3 Å². The lowest BCUT2D eigenvalue weighted by Crippen LogP contribution is -2.37. The van der Waals surface area contributed by atoms with Crippen LogP contribution in [0.4, 0.5) is 0 Å². The normalized spacial score (nSPS) is 16.7. The largest absolute Gasteiger partial charge is 0.376 e. The van der Waals surface area contributed by atoms with Crippen LogP contribution >= 0.6 is 11.3 Å². The first kappa shape index (κ1) is 18.1. The van der Waals surface area contributed by atoms with Crippen molar-refractivity contribution in [2.24, 2.45) is 0 Å². The molecule has 27 heavy (non-hydrogen) atoms. The van der Waals surface area contributed by atoms with Gasteiger partial charge in [0.25, 0.3) is 5.91 Å². The Labute approximate surface area is 163 Å². The van der Waals surface area contributed by atoms with Crippen LogP contribution in [0.2, 0.25) is 0 Å². The molecule has 0 aliphatic carbocycles. The van der Waals surface area contributed by atoms with E-state index in [1.165, 1.54) is 4.88 Å². The summed E-state index contributed by atoms with van der Waals surface area (Å²) in [5.74, 6) is 0.0556. The summed E-state index contributed by atoms with van der Waals surface area (Å²) in [5.41, 5.74) is 3.60. The lowest BCUT2D eigenvalue weighted by molar-refractivity contribution is 0.0511. The molecular weight excluding hydrogens is 356 g/mol. The molecule has 1 unspecified atom stereocenters. The lowest BCUT2D eigenvalue weighted by Gasteiger charge is -2.26. The summed E-state index contributed by atoms with van der Waals surface area (Å²) in [6, 6.07) is 12.1. The average Bonchev–Trinajstić information content (AvgIpc) is 3.34. The second kappa shape index (κ2) is 7.79.